The van der Waals surface area contributed by atoms with Gasteiger partial charge in [-0.15, -0.1) is 0 Å². The summed E-state index contributed by atoms with van der Waals surface area (Å²) in [5.41, 5.74) is 0.919. The minimum Gasteiger partial charge on any atom is -0.497 e. The number of anilines is 4. The molecule has 1 aliphatic heterocycles. The first-order valence-corrected chi connectivity index (χ1v) is 8.71. The molecule has 0 bridgehead atoms. The third-order valence-electron chi connectivity index (χ3n) is 4.16. The van der Waals surface area contributed by atoms with Crippen molar-refractivity contribution in [2.45, 2.75) is 0 Å². The molecular weight excluding hydrogens is 378 g/mol. The molecule has 29 heavy (non-hydrogen) atoms. The van der Waals surface area contributed by atoms with Gasteiger partial charge in [-0.25, -0.2) is 9.97 Å². The van der Waals surface area contributed by atoms with E-state index in [2.05, 4.69) is 20.6 Å². The highest BCUT2D eigenvalue weighted by Crippen LogP contribution is 2.36. The lowest BCUT2D eigenvalue weighted by molar-refractivity contribution is -0.383. The molecule has 10 heteroatoms. The summed E-state index contributed by atoms with van der Waals surface area (Å²) in [6.45, 7) is 0.928. The van der Waals surface area contributed by atoms with Crippen LogP contribution >= 0.6 is 0 Å². The van der Waals surface area contributed by atoms with Crippen molar-refractivity contribution in [1.29, 1.82) is 0 Å². The molecule has 0 saturated heterocycles. The molecule has 1 aliphatic rings. The SMILES string of the molecule is COc1ccc(Nc2ncnc(Nc3ccc4c(c3)OCCO4)c2[N+](=O)[O-])cc1. The Morgan fingerprint density at radius 2 is 1.59 bits per heavy atom. The lowest BCUT2D eigenvalue weighted by atomic mass is 10.2. The van der Waals surface area contributed by atoms with Gasteiger partial charge in [0.05, 0.1) is 12.0 Å². The summed E-state index contributed by atoms with van der Waals surface area (Å²) < 4.78 is 16.1. The number of hydrogen-bond acceptors (Lipinski definition) is 9. The third-order valence-corrected chi connectivity index (χ3v) is 4.16. The number of benzene rings is 2. The summed E-state index contributed by atoms with van der Waals surface area (Å²) in [5, 5.41) is 17.6. The van der Waals surface area contributed by atoms with Crippen molar-refractivity contribution in [1.82, 2.24) is 9.97 Å². The second kappa shape index (κ2) is 7.89. The fourth-order valence-corrected chi connectivity index (χ4v) is 2.80. The molecule has 1 aromatic heterocycles. The second-order valence-corrected chi connectivity index (χ2v) is 6.01. The quantitative estimate of drug-likeness (QED) is 0.476. The van der Waals surface area contributed by atoms with Crippen LogP contribution in [0.4, 0.5) is 28.7 Å². The molecule has 10 nitrogen and oxygen atoms in total. The van der Waals surface area contributed by atoms with Crippen molar-refractivity contribution in [3.63, 3.8) is 0 Å². The summed E-state index contributed by atoms with van der Waals surface area (Å²) in [5.74, 6) is 1.98. The van der Waals surface area contributed by atoms with Crippen molar-refractivity contribution < 1.29 is 19.1 Å². The van der Waals surface area contributed by atoms with E-state index in [1.807, 2.05) is 0 Å². The van der Waals surface area contributed by atoms with Gasteiger partial charge in [-0.2, -0.15) is 0 Å². The van der Waals surface area contributed by atoms with Gasteiger partial charge in [0.1, 0.15) is 25.3 Å². The van der Waals surface area contributed by atoms with Gasteiger partial charge in [0.2, 0.25) is 11.6 Å². The van der Waals surface area contributed by atoms with Crippen LogP contribution in [0.25, 0.3) is 0 Å². The van der Waals surface area contributed by atoms with Crippen LogP contribution in [0, 0.1) is 10.1 Å². The molecule has 2 heterocycles. The molecule has 0 spiro atoms. The highest BCUT2D eigenvalue weighted by atomic mass is 16.6. The molecule has 4 rings (SSSR count). The van der Waals surface area contributed by atoms with Gasteiger partial charge in [0, 0.05) is 17.4 Å². The number of methoxy groups -OCH3 is 1. The molecule has 148 valence electrons. The number of fused-ring (bicyclic) bond motifs is 1. The number of nitrogens with zero attached hydrogens (tertiary/aromatic N) is 3. The summed E-state index contributed by atoms with van der Waals surface area (Å²) in [4.78, 5) is 19.3. The minimum atomic E-state index is -0.536. The zero-order valence-electron chi connectivity index (χ0n) is 15.4. The van der Waals surface area contributed by atoms with E-state index in [0.29, 0.717) is 41.8 Å². The Labute approximate surface area is 165 Å². The summed E-state index contributed by atoms with van der Waals surface area (Å²) >= 11 is 0. The number of rotatable bonds is 6. The molecule has 0 unspecified atom stereocenters. The monoisotopic (exact) mass is 395 g/mol. The summed E-state index contributed by atoms with van der Waals surface area (Å²) in [6, 6.07) is 12.1. The first-order chi connectivity index (χ1) is 14.1. The Bertz CT molecular complexity index is 1040. The summed E-state index contributed by atoms with van der Waals surface area (Å²) in [6.07, 6.45) is 1.25. The second-order valence-electron chi connectivity index (χ2n) is 6.01. The number of ether oxygens (including phenoxy) is 3. The van der Waals surface area contributed by atoms with E-state index in [0.717, 1.165) is 0 Å². The van der Waals surface area contributed by atoms with E-state index in [4.69, 9.17) is 14.2 Å². The summed E-state index contributed by atoms with van der Waals surface area (Å²) in [7, 11) is 1.56. The smallest absolute Gasteiger partial charge is 0.353 e. The molecule has 0 atom stereocenters. The third kappa shape index (κ3) is 3.95. The van der Waals surface area contributed by atoms with E-state index in [1.54, 1.807) is 49.6 Å². The highest BCUT2D eigenvalue weighted by Gasteiger charge is 2.24. The minimum absolute atomic E-state index is 0.0534. The molecule has 2 aromatic carbocycles. The molecule has 0 aliphatic carbocycles. The van der Waals surface area contributed by atoms with Crippen LogP contribution in [0.15, 0.2) is 48.8 Å². The Hall–Kier alpha value is -4.08. The standard InChI is InChI=1S/C19H17N5O5/c1-27-14-5-2-12(3-6-14)22-18-17(24(25)26)19(21-11-20-18)23-13-4-7-15-16(10-13)29-9-8-28-15/h2-7,10-11H,8-9H2,1H3,(H2,20,21,22,23). The normalized spacial score (nSPS) is 12.2. The zero-order valence-corrected chi connectivity index (χ0v) is 15.4. The molecule has 3 aromatic rings. The van der Waals surface area contributed by atoms with Crippen LogP contribution in [0.1, 0.15) is 0 Å². The number of nitro groups is 1. The van der Waals surface area contributed by atoms with E-state index >= 15 is 0 Å². The first-order valence-electron chi connectivity index (χ1n) is 8.71. The van der Waals surface area contributed by atoms with E-state index < -0.39 is 4.92 Å². The van der Waals surface area contributed by atoms with Crippen LogP contribution in [0.5, 0.6) is 17.2 Å². The van der Waals surface area contributed by atoms with Crippen LogP contribution in [0.3, 0.4) is 0 Å². The number of aromatic nitrogens is 2. The van der Waals surface area contributed by atoms with E-state index in [-0.39, 0.29) is 17.3 Å². The Morgan fingerprint density at radius 1 is 0.966 bits per heavy atom. The van der Waals surface area contributed by atoms with Gasteiger partial charge < -0.3 is 24.8 Å². The van der Waals surface area contributed by atoms with Gasteiger partial charge >= 0.3 is 5.69 Å². The van der Waals surface area contributed by atoms with Crippen molar-refractivity contribution in [3.8, 4) is 17.2 Å². The van der Waals surface area contributed by atoms with Gasteiger partial charge in [-0.3, -0.25) is 10.1 Å². The van der Waals surface area contributed by atoms with Crippen LogP contribution in [-0.4, -0.2) is 35.2 Å². The average molecular weight is 395 g/mol. The molecule has 0 amide bonds. The molecule has 2 N–H and O–H groups in total. The van der Waals surface area contributed by atoms with Crippen LogP contribution < -0.4 is 24.8 Å². The maximum atomic E-state index is 11.7. The predicted octanol–water partition coefficient (Wildman–Crippen LogP) is 3.65. The van der Waals surface area contributed by atoms with Crippen LogP contribution in [0.2, 0.25) is 0 Å². The molecule has 0 saturated carbocycles. The number of nitrogens with one attached hydrogen (secondary N) is 2. The van der Waals surface area contributed by atoms with Crippen molar-refractivity contribution in [2.24, 2.45) is 0 Å². The largest absolute Gasteiger partial charge is 0.497 e. The Kier molecular flexibility index (Phi) is 4.97. The van der Waals surface area contributed by atoms with E-state index in [9.17, 15) is 10.1 Å². The lowest BCUT2D eigenvalue weighted by Gasteiger charge is -2.19. The molecule has 0 fully saturated rings. The van der Waals surface area contributed by atoms with Gasteiger partial charge in [-0.1, -0.05) is 0 Å². The highest BCUT2D eigenvalue weighted by molar-refractivity contribution is 5.77. The fourth-order valence-electron chi connectivity index (χ4n) is 2.80. The first kappa shape index (κ1) is 18.3. The predicted molar refractivity (Wildman–Crippen MR) is 106 cm³/mol. The maximum absolute atomic E-state index is 11.7. The van der Waals surface area contributed by atoms with Gasteiger partial charge in [-0.05, 0) is 36.4 Å². The fraction of sp³-hybridized carbons (Fsp3) is 0.158. The lowest BCUT2D eigenvalue weighted by Crippen LogP contribution is -2.15. The average Bonchev–Trinajstić information content (AvgIpc) is 2.74. The van der Waals surface area contributed by atoms with E-state index in [1.165, 1.54) is 6.33 Å². The Balaban J connectivity index is 1.63. The molecule has 0 radical (unpaired) electrons. The van der Waals surface area contributed by atoms with Gasteiger partial charge in [0.15, 0.2) is 11.5 Å². The Morgan fingerprint density at radius 3 is 2.24 bits per heavy atom. The van der Waals surface area contributed by atoms with Crippen molar-refractivity contribution in [2.75, 3.05) is 31.0 Å². The van der Waals surface area contributed by atoms with Crippen LogP contribution in [-0.2, 0) is 0 Å². The maximum Gasteiger partial charge on any atom is 0.353 e. The number of hydrogen-bond donors (Lipinski definition) is 2. The van der Waals surface area contributed by atoms with Crippen molar-refractivity contribution >= 4 is 28.7 Å². The molecular formula is C19H17N5O5. The van der Waals surface area contributed by atoms with Crippen molar-refractivity contribution in [3.05, 3.63) is 58.9 Å². The topological polar surface area (TPSA) is 121 Å². The zero-order chi connectivity index (χ0) is 20.2. The van der Waals surface area contributed by atoms with Gasteiger partial charge in [0.25, 0.3) is 0 Å².